The van der Waals surface area contributed by atoms with E-state index in [1.54, 1.807) is 0 Å². The van der Waals surface area contributed by atoms with Crippen LogP contribution in [0.1, 0.15) is 39.0 Å². The first-order valence-corrected chi connectivity index (χ1v) is 6.19. The van der Waals surface area contributed by atoms with Crippen molar-refractivity contribution in [3.05, 3.63) is 22.7 Å². The maximum atomic E-state index is 13.8. The lowest BCUT2D eigenvalue weighted by molar-refractivity contribution is -0.132. The van der Waals surface area contributed by atoms with Gasteiger partial charge < -0.3 is 14.8 Å². The summed E-state index contributed by atoms with van der Waals surface area (Å²) in [6, 6.07) is 0. The molecular weight excluding hydrogens is 238 g/mol. The number of hydrogen-bond acceptors (Lipinski definition) is 3. The first-order chi connectivity index (χ1) is 8.50. The molecule has 0 fully saturated rings. The number of carboxylic acids is 1. The zero-order valence-corrected chi connectivity index (χ0v) is 10.3. The van der Waals surface area contributed by atoms with E-state index in [4.69, 9.17) is 9.76 Å². The Kier molecular flexibility index (Phi) is 3.75. The summed E-state index contributed by atoms with van der Waals surface area (Å²) in [4.78, 5) is 11.2. The second kappa shape index (κ2) is 5.14. The van der Waals surface area contributed by atoms with E-state index in [1.807, 2.05) is 6.92 Å². The van der Waals surface area contributed by atoms with Gasteiger partial charge in [0, 0.05) is 12.2 Å². The molecule has 0 aromatic rings. The molecule has 0 bridgehead atoms. The Bertz CT molecular complexity index is 430. The van der Waals surface area contributed by atoms with Crippen molar-refractivity contribution in [3.8, 4) is 0 Å². The van der Waals surface area contributed by atoms with Gasteiger partial charge in [-0.3, -0.25) is 0 Å². The molecule has 1 atom stereocenters. The number of carbonyl (C=O) groups is 1. The van der Waals surface area contributed by atoms with E-state index < -0.39 is 24.5 Å². The molecule has 0 unspecified atom stereocenters. The lowest BCUT2D eigenvalue weighted by atomic mass is 9.71. The van der Waals surface area contributed by atoms with Crippen molar-refractivity contribution in [2.24, 2.45) is 0 Å². The SMILES string of the molecule is C[C@H]1CCC2=C(OB1O)C(C(=O)O)=C(F)CCC2. The second-order valence-electron chi connectivity index (χ2n) is 4.90. The summed E-state index contributed by atoms with van der Waals surface area (Å²) in [7, 11) is -1.07. The molecule has 1 aliphatic carbocycles. The van der Waals surface area contributed by atoms with E-state index in [1.165, 1.54) is 0 Å². The van der Waals surface area contributed by atoms with Crippen molar-refractivity contribution in [2.75, 3.05) is 0 Å². The van der Waals surface area contributed by atoms with E-state index in [0.29, 0.717) is 25.7 Å². The van der Waals surface area contributed by atoms with E-state index in [9.17, 15) is 14.2 Å². The standard InChI is InChI=1S/C12H16BFO4/c1-7-5-6-8-3-2-4-9(14)10(12(15)16)11(8)18-13(7)17/h7,17H,2-6H2,1H3,(H,15,16)/t7-/m0/s1. The quantitative estimate of drug-likeness (QED) is 0.705. The van der Waals surface area contributed by atoms with Crippen molar-refractivity contribution >= 4 is 13.1 Å². The van der Waals surface area contributed by atoms with Crippen LogP contribution in [-0.2, 0) is 9.45 Å². The number of carboxylic acid groups (broad SMARTS) is 1. The minimum Gasteiger partial charge on any atom is -0.535 e. The highest BCUT2D eigenvalue weighted by atomic mass is 19.1. The molecule has 0 amide bonds. The van der Waals surface area contributed by atoms with Crippen LogP contribution >= 0.6 is 0 Å². The number of rotatable bonds is 1. The van der Waals surface area contributed by atoms with Crippen LogP contribution in [0.15, 0.2) is 22.7 Å². The van der Waals surface area contributed by atoms with Gasteiger partial charge in [0.25, 0.3) is 0 Å². The van der Waals surface area contributed by atoms with Crippen molar-refractivity contribution in [3.63, 3.8) is 0 Å². The molecular formula is C12H16BFO4. The van der Waals surface area contributed by atoms with Crippen molar-refractivity contribution in [1.82, 2.24) is 0 Å². The van der Waals surface area contributed by atoms with Crippen LogP contribution in [0, 0.1) is 0 Å². The summed E-state index contributed by atoms with van der Waals surface area (Å²) in [5.41, 5.74) is 0.402. The van der Waals surface area contributed by atoms with Gasteiger partial charge in [0.15, 0.2) is 0 Å². The summed E-state index contributed by atoms with van der Waals surface area (Å²) in [5, 5.41) is 18.9. The zero-order valence-electron chi connectivity index (χ0n) is 10.3. The predicted octanol–water partition coefficient (Wildman–Crippen LogP) is 2.41. The highest BCUT2D eigenvalue weighted by Crippen LogP contribution is 2.37. The highest BCUT2D eigenvalue weighted by molar-refractivity contribution is 6.45. The van der Waals surface area contributed by atoms with Gasteiger partial charge in [-0.2, -0.15) is 0 Å². The Labute approximate surface area is 105 Å². The molecule has 2 aliphatic rings. The van der Waals surface area contributed by atoms with Gasteiger partial charge in [-0.25, -0.2) is 9.18 Å². The average molecular weight is 254 g/mol. The van der Waals surface area contributed by atoms with Crippen molar-refractivity contribution < 1.29 is 24.0 Å². The molecule has 1 aliphatic heterocycles. The first-order valence-electron chi connectivity index (χ1n) is 6.19. The molecule has 98 valence electrons. The van der Waals surface area contributed by atoms with Crippen LogP contribution in [0.3, 0.4) is 0 Å². The normalized spacial score (nSPS) is 25.3. The molecule has 0 saturated carbocycles. The molecule has 0 spiro atoms. The second-order valence-corrected chi connectivity index (χ2v) is 4.90. The minimum atomic E-state index is -1.33. The Morgan fingerprint density at radius 3 is 2.83 bits per heavy atom. The molecule has 0 saturated heterocycles. The highest BCUT2D eigenvalue weighted by Gasteiger charge is 2.35. The van der Waals surface area contributed by atoms with E-state index in [2.05, 4.69) is 0 Å². The van der Waals surface area contributed by atoms with Crippen molar-refractivity contribution in [1.29, 1.82) is 0 Å². The smallest absolute Gasteiger partial charge is 0.525 e. The van der Waals surface area contributed by atoms with E-state index >= 15 is 0 Å². The van der Waals surface area contributed by atoms with Gasteiger partial charge in [-0.15, -0.1) is 0 Å². The average Bonchev–Trinajstić information content (AvgIpc) is 2.52. The Balaban J connectivity index is 2.44. The Hall–Kier alpha value is -1.30. The van der Waals surface area contributed by atoms with Crippen molar-refractivity contribution in [2.45, 2.75) is 44.8 Å². The molecule has 0 radical (unpaired) electrons. The summed E-state index contributed by atoms with van der Waals surface area (Å²) >= 11 is 0. The van der Waals surface area contributed by atoms with Crippen LogP contribution in [0.25, 0.3) is 0 Å². The molecule has 1 heterocycles. The summed E-state index contributed by atoms with van der Waals surface area (Å²) in [5.74, 6) is -2.03. The fraction of sp³-hybridized carbons (Fsp3) is 0.583. The first kappa shape index (κ1) is 13.1. The van der Waals surface area contributed by atoms with Crippen LogP contribution in [0.4, 0.5) is 4.39 Å². The van der Waals surface area contributed by atoms with Gasteiger partial charge in [-0.05, 0) is 31.3 Å². The third kappa shape index (κ3) is 2.43. The predicted molar refractivity (Wildman–Crippen MR) is 64.4 cm³/mol. The number of allylic oxidation sites excluding steroid dienone is 2. The number of halogens is 1. The minimum absolute atomic E-state index is 0.0503. The molecule has 2 N–H and O–H groups in total. The molecule has 18 heavy (non-hydrogen) atoms. The third-order valence-electron chi connectivity index (χ3n) is 3.53. The molecule has 6 heteroatoms. The largest absolute Gasteiger partial charge is 0.535 e. The van der Waals surface area contributed by atoms with E-state index in [-0.39, 0.29) is 18.0 Å². The molecule has 0 aromatic heterocycles. The number of hydrogen-bond donors (Lipinski definition) is 2. The maximum absolute atomic E-state index is 13.8. The third-order valence-corrected chi connectivity index (χ3v) is 3.53. The molecule has 4 nitrogen and oxygen atoms in total. The number of aliphatic carboxylic acids is 1. The monoisotopic (exact) mass is 254 g/mol. The Morgan fingerprint density at radius 2 is 2.17 bits per heavy atom. The zero-order chi connectivity index (χ0) is 13.3. The van der Waals surface area contributed by atoms with E-state index in [0.717, 1.165) is 5.57 Å². The molecule has 2 rings (SSSR count). The van der Waals surface area contributed by atoms with Crippen LogP contribution in [0.2, 0.25) is 5.82 Å². The summed E-state index contributed by atoms with van der Waals surface area (Å²) in [6.45, 7) is 1.83. The fourth-order valence-corrected chi connectivity index (χ4v) is 2.37. The maximum Gasteiger partial charge on any atom is 0.525 e. The van der Waals surface area contributed by atoms with Crippen LogP contribution in [-0.4, -0.2) is 23.2 Å². The Morgan fingerprint density at radius 1 is 1.44 bits per heavy atom. The van der Waals surface area contributed by atoms with Gasteiger partial charge >= 0.3 is 13.1 Å². The van der Waals surface area contributed by atoms with Gasteiger partial charge in [0.1, 0.15) is 17.2 Å². The van der Waals surface area contributed by atoms with Gasteiger partial charge in [0.2, 0.25) is 0 Å². The lowest BCUT2D eigenvalue weighted by Crippen LogP contribution is -2.23. The van der Waals surface area contributed by atoms with Gasteiger partial charge in [-0.1, -0.05) is 6.92 Å². The van der Waals surface area contributed by atoms with Crippen LogP contribution in [0.5, 0.6) is 0 Å². The fourth-order valence-electron chi connectivity index (χ4n) is 2.37. The summed E-state index contributed by atoms with van der Waals surface area (Å²) < 4.78 is 19.1. The summed E-state index contributed by atoms with van der Waals surface area (Å²) in [6.07, 6.45) is 2.68. The molecule has 0 aromatic carbocycles. The van der Waals surface area contributed by atoms with Gasteiger partial charge in [0.05, 0.1) is 0 Å². The van der Waals surface area contributed by atoms with Crippen LogP contribution < -0.4 is 0 Å². The topological polar surface area (TPSA) is 66.8 Å². The lowest BCUT2D eigenvalue weighted by Gasteiger charge is -2.16.